The van der Waals surface area contributed by atoms with Crippen LogP contribution in [-0.4, -0.2) is 68.4 Å². The minimum atomic E-state index is -1.45. The monoisotopic (exact) mass is 357 g/mol. The highest BCUT2D eigenvalue weighted by Gasteiger charge is 2.43. The molecule has 1 saturated heterocycles. The zero-order valence-corrected chi connectivity index (χ0v) is 14.1. The summed E-state index contributed by atoms with van der Waals surface area (Å²) >= 11 is 0. The van der Waals surface area contributed by atoms with Crippen LogP contribution in [0, 0.1) is 0 Å². The summed E-state index contributed by atoms with van der Waals surface area (Å²) in [6.07, 6.45) is -2.12. The van der Waals surface area contributed by atoms with Gasteiger partial charge in [0.2, 0.25) is 0 Å². The molecule has 4 unspecified atom stereocenters. The lowest BCUT2D eigenvalue weighted by Gasteiger charge is -2.17. The highest BCUT2D eigenvalue weighted by atomic mass is 16.6. The Bertz CT molecular complexity index is 716. The van der Waals surface area contributed by atoms with Crippen molar-refractivity contribution < 1.29 is 20.1 Å². The third-order valence-electron chi connectivity index (χ3n) is 3.88. The van der Waals surface area contributed by atoms with E-state index in [-0.39, 0.29) is 5.69 Å². The molecule has 25 heavy (non-hydrogen) atoms. The van der Waals surface area contributed by atoms with Crippen LogP contribution in [0.15, 0.2) is 26.1 Å². The number of aliphatic hydroxyl groups excluding tert-OH is 3. The SMILES string of the molecule is CCCCN(C)N=Nc1cn(C2OC(CO)C(O)C2O)c(=O)[nH]c1=O. The zero-order valence-electron chi connectivity index (χ0n) is 14.1. The smallest absolute Gasteiger partial charge is 0.330 e. The van der Waals surface area contributed by atoms with Gasteiger partial charge in [0.1, 0.15) is 18.3 Å². The molecule has 0 radical (unpaired) electrons. The molecular formula is C14H23N5O6. The molecule has 0 aliphatic carbocycles. The summed E-state index contributed by atoms with van der Waals surface area (Å²) in [5.41, 5.74) is -1.72. The minimum absolute atomic E-state index is 0.152. The van der Waals surface area contributed by atoms with E-state index < -0.39 is 42.4 Å². The summed E-state index contributed by atoms with van der Waals surface area (Å²) in [4.78, 5) is 25.9. The Morgan fingerprint density at radius 1 is 1.36 bits per heavy atom. The summed E-state index contributed by atoms with van der Waals surface area (Å²) in [6.45, 7) is 2.17. The van der Waals surface area contributed by atoms with Crippen molar-refractivity contribution in [2.75, 3.05) is 20.2 Å². The van der Waals surface area contributed by atoms with E-state index in [1.165, 1.54) is 0 Å². The molecule has 1 fully saturated rings. The first-order chi connectivity index (χ1) is 11.9. The molecule has 0 spiro atoms. The molecule has 140 valence electrons. The van der Waals surface area contributed by atoms with Gasteiger partial charge in [-0.3, -0.25) is 19.4 Å². The van der Waals surface area contributed by atoms with Crippen molar-refractivity contribution in [3.8, 4) is 0 Å². The van der Waals surface area contributed by atoms with Crippen LogP contribution in [0.4, 0.5) is 5.69 Å². The Hall–Kier alpha value is -2.08. The standard InChI is InChI=1S/C14H23N5O6/c1-3-4-5-18(2)17-16-8-6-19(14(24)15-12(8)23)13-11(22)10(21)9(7-20)25-13/h6,9-11,13,20-22H,3-5,7H2,1-2H3,(H,15,23,24). The summed E-state index contributed by atoms with van der Waals surface area (Å²) in [5.74, 6) is 0. The number of aliphatic hydroxyl groups is 3. The van der Waals surface area contributed by atoms with E-state index in [1.54, 1.807) is 12.1 Å². The first-order valence-electron chi connectivity index (χ1n) is 7.99. The molecule has 4 N–H and O–H groups in total. The van der Waals surface area contributed by atoms with Crippen molar-refractivity contribution in [2.24, 2.45) is 10.3 Å². The Morgan fingerprint density at radius 3 is 2.68 bits per heavy atom. The Kier molecular flexibility index (Phi) is 6.42. The van der Waals surface area contributed by atoms with Gasteiger partial charge in [0, 0.05) is 19.8 Å². The lowest BCUT2D eigenvalue weighted by molar-refractivity contribution is -0.0549. The molecule has 1 aromatic rings. The predicted molar refractivity (Wildman–Crippen MR) is 86.4 cm³/mol. The third-order valence-corrected chi connectivity index (χ3v) is 3.88. The Labute approximate surface area is 143 Å². The molecule has 2 rings (SSSR count). The van der Waals surface area contributed by atoms with E-state index in [9.17, 15) is 19.8 Å². The Morgan fingerprint density at radius 2 is 2.08 bits per heavy atom. The van der Waals surface area contributed by atoms with Crippen molar-refractivity contribution in [1.82, 2.24) is 14.6 Å². The van der Waals surface area contributed by atoms with Crippen molar-refractivity contribution >= 4 is 5.69 Å². The van der Waals surface area contributed by atoms with E-state index in [1.807, 2.05) is 6.92 Å². The number of aromatic amines is 1. The van der Waals surface area contributed by atoms with E-state index >= 15 is 0 Å². The molecule has 2 heterocycles. The van der Waals surface area contributed by atoms with Crippen molar-refractivity contribution in [2.45, 2.75) is 44.3 Å². The number of H-pyrrole nitrogens is 1. The highest BCUT2D eigenvalue weighted by Crippen LogP contribution is 2.28. The van der Waals surface area contributed by atoms with Crippen molar-refractivity contribution in [3.05, 3.63) is 27.0 Å². The second kappa shape index (κ2) is 8.34. The van der Waals surface area contributed by atoms with Gasteiger partial charge < -0.3 is 20.1 Å². The molecular weight excluding hydrogens is 334 g/mol. The summed E-state index contributed by atoms with van der Waals surface area (Å²) in [5, 5.41) is 38.2. The van der Waals surface area contributed by atoms with Crippen LogP contribution < -0.4 is 11.2 Å². The summed E-state index contributed by atoms with van der Waals surface area (Å²) < 4.78 is 6.19. The lowest BCUT2D eigenvalue weighted by Crippen LogP contribution is -2.37. The first-order valence-corrected chi connectivity index (χ1v) is 7.99. The minimum Gasteiger partial charge on any atom is -0.394 e. The first kappa shape index (κ1) is 19.2. The number of rotatable bonds is 7. The number of nitrogens with one attached hydrogen (secondary N) is 1. The topological polar surface area (TPSA) is 153 Å². The average molecular weight is 357 g/mol. The number of aromatic nitrogens is 2. The summed E-state index contributed by atoms with van der Waals surface area (Å²) in [7, 11) is 1.70. The van der Waals surface area contributed by atoms with Gasteiger partial charge in [0.25, 0.3) is 5.56 Å². The second-order valence-electron chi connectivity index (χ2n) is 5.83. The van der Waals surface area contributed by atoms with E-state index in [2.05, 4.69) is 15.3 Å². The van der Waals surface area contributed by atoms with Crippen LogP contribution in [0.3, 0.4) is 0 Å². The molecule has 4 atom stereocenters. The largest absolute Gasteiger partial charge is 0.394 e. The maximum atomic E-state index is 12.0. The molecule has 1 aliphatic heterocycles. The van der Waals surface area contributed by atoms with E-state index in [0.717, 1.165) is 23.6 Å². The van der Waals surface area contributed by atoms with E-state index in [4.69, 9.17) is 9.84 Å². The quantitative estimate of drug-likeness (QED) is 0.356. The fourth-order valence-corrected chi connectivity index (χ4v) is 2.40. The van der Waals surface area contributed by atoms with Gasteiger partial charge in [-0.15, -0.1) is 5.11 Å². The molecule has 0 aromatic carbocycles. The Balaban J connectivity index is 2.28. The van der Waals surface area contributed by atoms with Gasteiger partial charge in [-0.1, -0.05) is 18.6 Å². The van der Waals surface area contributed by atoms with Crippen LogP contribution in [0.5, 0.6) is 0 Å². The summed E-state index contributed by atoms with van der Waals surface area (Å²) in [6, 6.07) is 0. The molecule has 11 heteroatoms. The fraction of sp³-hybridized carbons (Fsp3) is 0.714. The average Bonchev–Trinajstić information content (AvgIpc) is 2.87. The van der Waals surface area contributed by atoms with Crippen LogP contribution in [0.2, 0.25) is 0 Å². The molecule has 0 bridgehead atoms. The number of unbranched alkanes of at least 4 members (excludes halogenated alkanes) is 1. The van der Waals surface area contributed by atoms with Gasteiger partial charge >= 0.3 is 5.69 Å². The molecule has 0 amide bonds. The fourth-order valence-electron chi connectivity index (χ4n) is 2.40. The van der Waals surface area contributed by atoms with Crippen LogP contribution >= 0.6 is 0 Å². The number of hydrogen-bond acceptors (Lipinski definition) is 8. The second-order valence-corrected chi connectivity index (χ2v) is 5.83. The van der Waals surface area contributed by atoms with E-state index in [0.29, 0.717) is 6.54 Å². The molecule has 11 nitrogen and oxygen atoms in total. The number of ether oxygens (including phenoxy) is 1. The normalized spacial score (nSPS) is 26.4. The molecule has 1 aromatic heterocycles. The third kappa shape index (κ3) is 4.31. The number of hydrogen-bond donors (Lipinski definition) is 4. The van der Waals surface area contributed by atoms with Crippen molar-refractivity contribution in [1.29, 1.82) is 0 Å². The lowest BCUT2D eigenvalue weighted by atomic mass is 10.1. The molecule has 1 aliphatic rings. The van der Waals surface area contributed by atoms with Gasteiger partial charge in [0.05, 0.1) is 6.61 Å². The van der Waals surface area contributed by atoms with Gasteiger partial charge in [-0.25, -0.2) is 4.79 Å². The van der Waals surface area contributed by atoms with Crippen LogP contribution in [0.25, 0.3) is 0 Å². The number of nitrogens with zero attached hydrogens (tertiary/aromatic N) is 4. The van der Waals surface area contributed by atoms with Crippen LogP contribution in [0.1, 0.15) is 26.0 Å². The maximum absolute atomic E-state index is 12.0. The molecule has 0 saturated carbocycles. The van der Waals surface area contributed by atoms with Gasteiger partial charge in [-0.05, 0) is 6.42 Å². The predicted octanol–water partition coefficient (Wildman–Crippen LogP) is -1.12. The maximum Gasteiger partial charge on any atom is 0.330 e. The van der Waals surface area contributed by atoms with Gasteiger partial charge in [-0.2, -0.15) is 0 Å². The van der Waals surface area contributed by atoms with Gasteiger partial charge in [0.15, 0.2) is 11.9 Å². The van der Waals surface area contributed by atoms with Crippen molar-refractivity contribution in [3.63, 3.8) is 0 Å². The van der Waals surface area contributed by atoms with Crippen LogP contribution in [-0.2, 0) is 4.74 Å². The zero-order chi connectivity index (χ0) is 18.6. The highest BCUT2D eigenvalue weighted by molar-refractivity contribution is 5.28.